The summed E-state index contributed by atoms with van der Waals surface area (Å²) in [6, 6.07) is 8.14. The number of rotatable bonds is 6. The van der Waals surface area contributed by atoms with Crippen molar-refractivity contribution in [2.24, 2.45) is 0 Å². The van der Waals surface area contributed by atoms with E-state index in [1.807, 2.05) is 0 Å². The van der Waals surface area contributed by atoms with Crippen molar-refractivity contribution in [3.63, 3.8) is 0 Å². The standard InChI is InChI=1S/C17H19NO7/c1-4-24-16(22)15(21)14-13(12-8-6-5-7-9-12)17(10(2)19,11(3)20)25-18(14)23/h5-9,13,15,21H,4H2,1-3H3/t13-,15+/m1/s1. The lowest BCUT2D eigenvalue weighted by Gasteiger charge is -2.30. The predicted molar refractivity (Wildman–Crippen MR) is 85.6 cm³/mol. The molecule has 134 valence electrons. The number of carbonyl (C=O) groups excluding carboxylic acids is 3. The third-order valence-corrected chi connectivity index (χ3v) is 4.11. The molecule has 0 saturated carbocycles. The van der Waals surface area contributed by atoms with Crippen LogP contribution in [0.3, 0.4) is 0 Å². The Morgan fingerprint density at radius 3 is 2.32 bits per heavy atom. The van der Waals surface area contributed by atoms with Crippen molar-refractivity contribution in [1.82, 2.24) is 0 Å². The Morgan fingerprint density at radius 1 is 1.28 bits per heavy atom. The zero-order chi connectivity index (χ0) is 18.8. The predicted octanol–water partition coefficient (Wildman–Crippen LogP) is 0.507. The largest absolute Gasteiger partial charge is 0.464 e. The molecule has 1 heterocycles. The Kier molecular flexibility index (Phi) is 5.22. The first-order chi connectivity index (χ1) is 11.8. The van der Waals surface area contributed by atoms with E-state index in [1.165, 1.54) is 0 Å². The smallest absolute Gasteiger partial charge is 0.346 e. The van der Waals surface area contributed by atoms with Crippen molar-refractivity contribution in [3.05, 3.63) is 41.1 Å². The summed E-state index contributed by atoms with van der Waals surface area (Å²) in [6.45, 7) is 3.76. The molecule has 0 bridgehead atoms. The number of aliphatic hydroxyl groups is 1. The molecule has 1 aliphatic rings. The topological polar surface area (TPSA) is 116 Å². The highest BCUT2D eigenvalue weighted by Crippen LogP contribution is 2.40. The van der Waals surface area contributed by atoms with Gasteiger partial charge in [0.05, 0.1) is 6.61 Å². The lowest BCUT2D eigenvalue weighted by Crippen LogP contribution is -2.52. The van der Waals surface area contributed by atoms with Gasteiger partial charge in [0.25, 0.3) is 5.71 Å². The van der Waals surface area contributed by atoms with Crippen molar-refractivity contribution in [2.75, 3.05) is 6.61 Å². The molecule has 25 heavy (non-hydrogen) atoms. The Labute approximate surface area is 144 Å². The Balaban J connectivity index is 2.65. The minimum Gasteiger partial charge on any atom is -0.464 e. The van der Waals surface area contributed by atoms with Crippen molar-refractivity contribution in [2.45, 2.75) is 38.4 Å². The molecule has 8 heteroatoms. The van der Waals surface area contributed by atoms with Gasteiger partial charge in [-0.3, -0.25) is 14.8 Å². The number of hydrogen-bond acceptors (Lipinski definition) is 7. The van der Waals surface area contributed by atoms with E-state index in [-0.39, 0.29) is 11.5 Å². The maximum atomic E-state index is 12.3. The van der Waals surface area contributed by atoms with Gasteiger partial charge in [0.2, 0.25) is 11.7 Å². The average molecular weight is 349 g/mol. The molecule has 2 atom stereocenters. The number of ketones is 2. The van der Waals surface area contributed by atoms with Gasteiger partial charge in [0.1, 0.15) is 5.92 Å². The van der Waals surface area contributed by atoms with Crippen LogP contribution in [0.4, 0.5) is 0 Å². The van der Waals surface area contributed by atoms with Crippen LogP contribution < -0.4 is 0 Å². The van der Waals surface area contributed by atoms with Gasteiger partial charge in [-0.15, -0.1) is 0 Å². The molecule has 0 saturated heterocycles. The number of benzene rings is 1. The normalized spacial score (nSPS) is 19.9. The van der Waals surface area contributed by atoms with Crippen LogP contribution in [-0.2, 0) is 24.0 Å². The van der Waals surface area contributed by atoms with Crippen molar-refractivity contribution < 1.29 is 34.0 Å². The molecule has 0 spiro atoms. The fourth-order valence-electron chi connectivity index (χ4n) is 2.98. The molecule has 1 aromatic rings. The fourth-order valence-corrected chi connectivity index (χ4v) is 2.98. The summed E-state index contributed by atoms with van der Waals surface area (Å²) in [5.41, 5.74) is -2.23. The summed E-state index contributed by atoms with van der Waals surface area (Å²) in [5, 5.41) is 22.6. The number of ether oxygens (including phenoxy) is 1. The highest BCUT2D eigenvalue weighted by molar-refractivity contribution is 6.18. The molecule has 0 amide bonds. The van der Waals surface area contributed by atoms with Gasteiger partial charge < -0.3 is 14.7 Å². The lowest BCUT2D eigenvalue weighted by molar-refractivity contribution is -0.744. The van der Waals surface area contributed by atoms with E-state index in [2.05, 4.69) is 0 Å². The van der Waals surface area contributed by atoms with Crippen LogP contribution in [-0.4, -0.2) is 51.6 Å². The molecule has 2 rings (SSSR count). The van der Waals surface area contributed by atoms with E-state index < -0.39 is 40.9 Å². The first kappa shape index (κ1) is 18.6. The van der Waals surface area contributed by atoms with Gasteiger partial charge >= 0.3 is 5.97 Å². The van der Waals surface area contributed by atoms with Gasteiger partial charge in [-0.25, -0.2) is 4.79 Å². The molecule has 1 aromatic carbocycles. The summed E-state index contributed by atoms with van der Waals surface area (Å²) in [5.74, 6) is -3.73. The highest BCUT2D eigenvalue weighted by atomic mass is 16.9. The number of aliphatic hydroxyl groups excluding tert-OH is 1. The van der Waals surface area contributed by atoms with E-state index in [0.29, 0.717) is 5.56 Å². The number of nitrogens with zero attached hydrogens (tertiary/aromatic N) is 1. The zero-order valence-electron chi connectivity index (χ0n) is 14.1. The third kappa shape index (κ3) is 3.00. The SMILES string of the molecule is CCOC(=O)[C@@H](O)C1=[N+]([O-])OC(C(C)=O)(C(C)=O)[C@@H]1c1ccccc1. The summed E-state index contributed by atoms with van der Waals surface area (Å²) < 4.78 is 4.74. The Hall–Kier alpha value is -2.74. The summed E-state index contributed by atoms with van der Waals surface area (Å²) in [7, 11) is 0. The maximum Gasteiger partial charge on any atom is 0.346 e. The molecule has 0 aliphatic carbocycles. The zero-order valence-corrected chi connectivity index (χ0v) is 14.1. The molecule has 0 fully saturated rings. The molecule has 8 nitrogen and oxygen atoms in total. The molecule has 1 aliphatic heterocycles. The third-order valence-electron chi connectivity index (χ3n) is 4.11. The Bertz CT molecular complexity index is 712. The van der Waals surface area contributed by atoms with E-state index in [9.17, 15) is 24.7 Å². The van der Waals surface area contributed by atoms with Crippen LogP contribution in [0.1, 0.15) is 32.3 Å². The maximum absolute atomic E-state index is 12.3. The molecule has 0 aromatic heterocycles. The molecule has 0 unspecified atom stereocenters. The van der Waals surface area contributed by atoms with Crippen molar-refractivity contribution in [3.8, 4) is 0 Å². The van der Waals surface area contributed by atoms with Crippen LogP contribution in [0.2, 0.25) is 0 Å². The van der Waals surface area contributed by atoms with Crippen LogP contribution >= 0.6 is 0 Å². The van der Waals surface area contributed by atoms with Gasteiger partial charge in [-0.05, 0) is 26.3 Å². The van der Waals surface area contributed by atoms with E-state index >= 15 is 0 Å². The summed E-state index contributed by atoms with van der Waals surface area (Å²) in [4.78, 5) is 41.4. The number of carbonyl (C=O) groups is 3. The lowest BCUT2D eigenvalue weighted by atomic mass is 9.73. The fraction of sp³-hybridized carbons (Fsp3) is 0.412. The first-order valence-corrected chi connectivity index (χ1v) is 7.72. The molecular formula is C17H19NO7. The highest BCUT2D eigenvalue weighted by Gasteiger charge is 2.61. The average Bonchev–Trinajstić information content (AvgIpc) is 2.89. The van der Waals surface area contributed by atoms with Crippen molar-refractivity contribution in [1.29, 1.82) is 0 Å². The number of esters is 1. The van der Waals surface area contributed by atoms with Gasteiger partial charge in [0, 0.05) is 4.90 Å². The van der Waals surface area contributed by atoms with Gasteiger partial charge in [-0.1, -0.05) is 30.3 Å². The van der Waals surface area contributed by atoms with E-state index in [0.717, 1.165) is 13.8 Å². The van der Waals surface area contributed by atoms with Crippen LogP contribution in [0.5, 0.6) is 0 Å². The number of Topliss-reactive ketones (excluding diaryl/α,β-unsaturated/α-hetero) is 2. The summed E-state index contributed by atoms with van der Waals surface area (Å²) >= 11 is 0. The van der Waals surface area contributed by atoms with E-state index in [1.54, 1.807) is 37.3 Å². The molecular weight excluding hydrogens is 330 g/mol. The Morgan fingerprint density at radius 2 is 1.84 bits per heavy atom. The molecule has 1 N–H and O–H groups in total. The van der Waals surface area contributed by atoms with Crippen LogP contribution in [0, 0.1) is 5.21 Å². The van der Waals surface area contributed by atoms with Gasteiger partial charge in [0.15, 0.2) is 11.6 Å². The second-order valence-corrected chi connectivity index (χ2v) is 5.62. The second kappa shape index (κ2) is 7.02. The van der Waals surface area contributed by atoms with E-state index in [4.69, 9.17) is 9.57 Å². The summed E-state index contributed by atoms with van der Waals surface area (Å²) in [6.07, 6.45) is -1.97. The van der Waals surface area contributed by atoms with Crippen LogP contribution in [0.25, 0.3) is 0 Å². The quantitative estimate of drug-likeness (QED) is 0.452. The monoisotopic (exact) mass is 349 g/mol. The minimum absolute atomic E-state index is 0.0105. The minimum atomic E-state index is -2.15. The second-order valence-electron chi connectivity index (χ2n) is 5.62. The van der Waals surface area contributed by atoms with Crippen LogP contribution in [0.15, 0.2) is 30.3 Å². The van der Waals surface area contributed by atoms with Crippen molar-refractivity contribution >= 4 is 23.2 Å². The molecule has 0 radical (unpaired) electrons. The first-order valence-electron chi connectivity index (χ1n) is 7.72. The van der Waals surface area contributed by atoms with Gasteiger partial charge in [-0.2, -0.15) is 0 Å². The number of hydrogen-bond donors (Lipinski definition) is 1.